The van der Waals surface area contributed by atoms with Crippen molar-refractivity contribution in [2.45, 2.75) is 18.9 Å². The van der Waals surface area contributed by atoms with Gasteiger partial charge in [0.1, 0.15) is 0 Å². The van der Waals surface area contributed by atoms with Crippen molar-refractivity contribution in [1.82, 2.24) is 10.2 Å². The second kappa shape index (κ2) is 4.40. The predicted octanol–water partition coefficient (Wildman–Crippen LogP) is -0.671. The minimum atomic E-state index is -0.692. The van der Waals surface area contributed by atoms with Gasteiger partial charge in [-0.3, -0.25) is 9.00 Å². The molecule has 1 heterocycles. The molecule has 4 nitrogen and oxygen atoms in total. The third-order valence-electron chi connectivity index (χ3n) is 2.65. The quantitative estimate of drug-likeness (QED) is 0.680. The van der Waals surface area contributed by atoms with Crippen LogP contribution in [0.15, 0.2) is 0 Å². The Labute approximate surface area is 86.5 Å². The van der Waals surface area contributed by atoms with Crippen LogP contribution in [0.1, 0.15) is 12.8 Å². The van der Waals surface area contributed by atoms with E-state index in [1.54, 1.807) is 0 Å². The maximum Gasteiger partial charge on any atom is 0.236 e. The fourth-order valence-corrected chi connectivity index (χ4v) is 2.57. The highest BCUT2D eigenvalue weighted by molar-refractivity contribution is 7.85. The van der Waals surface area contributed by atoms with Gasteiger partial charge in [-0.15, -0.1) is 0 Å². The van der Waals surface area contributed by atoms with Crippen molar-refractivity contribution in [2.24, 2.45) is 0 Å². The van der Waals surface area contributed by atoms with E-state index in [9.17, 15) is 9.00 Å². The monoisotopic (exact) mass is 216 g/mol. The van der Waals surface area contributed by atoms with Gasteiger partial charge in [-0.1, -0.05) is 0 Å². The molecule has 0 unspecified atom stereocenters. The van der Waals surface area contributed by atoms with Gasteiger partial charge in [-0.05, 0) is 12.8 Å². The topological polar surface area (TPSA) is 49.4 Å². The van der Waals surface area contributed by atoms with E-state index in [0.29, 0.717) is 37.2 Å². The number of hydrogen-bond acceptors (Lipinski definition) is 3. The first-order valence-corrected chi connectivity index (χ1v) is 6.60. The lowest BCUT2D eigenvalue weighted by atomic mass is 10.4. The molecule has 2 aliphatic rings. The third kappa shape index (κ3) is 2.78. The first-order chi connectivity index (χ1) is 6.75. The van der Waals surface area contributed by atoms with E-state index < -0.39 is 10.8 Å². The highest BCUT2D eigenvalue weighted by atomic mass is 32.2. The summed E-state index contributed by atoms with van der Waals surface area (Å²) >= 11 is 0. The van der Waals surface area contributed by atoms with Crippen LogP contribution in [-0.2, 0) is 15.6 Å². The molecule has 1 aliphatic heterocycles. The summed E-state index contributed by atoms with van der Waals surface area (Å²) in [6, 6.07) is 0.581. The largest absolute Gasteiger partial charge is 0.340 e. The molecule has 80 valence electrons. The number of hydrogen-bond donors (Lipinski definition) is 1. The second-order valence-electron chi connectivity index (χ2n) is 3.88. The van der Waals surface area contributed by atoms with Crippen molar-refractivity contribution in [2.75, 3.05) is 31.1 Å². The van der Waals surface area contributed by atoms with Gasteiger partial charge in [0.25, 0.3) is 0 Å². The zero-order valence-electron chi connectivity index (χ0n) is 8.20. The highest BCUT2D eigenvalue weighted by Gasteiger charge is 2.24. The normalized spacial score (nSPS) is 23.9. The Bertz CT molecular complexity index is 243. The van der Waals surface area contributed by atoms with E-state index in [0.717, 1.165) is 0 Å². The summed E-state index contributed by atoms with van der Waals surface area (Å²) < 4.78 is 11.1. The molecule has 0 radical (unpaired) electrons. The van der Waals surface area contributed by atoms with Crippen LogP contribution in [0.25, 0.3) is 0 Å². The van der Waals surface area contributed by atoms with Gasteiger partial charge in [0.15, 0.2) is 0 Å². The summed E-state index contributed by atoms with van der Waals surface area (Å²) in [6.07, 6.45) is 2.41. The van der Waals surface area contributed by atoms with E-state index in [-0.39, 0.29) is 5.91 Å². The summed E-state index contributed by atoms with van der Waals surface area (Å²) in [5.74, 6) is 1.46. The molecule has 14 heavy (non-hydrogen) atoms. The third-order valence-corrected chi connectivity index (χ3v) is 3.93. The van der Waals surface area contributed by atoms with E-state index in [1.807, 2.05) is 4.90 Å². The molecule has 1 saturated carbocycles. The summed E-state index contributed by atoms with van der Waals surface area (Å²) in [7, 11) is -0.692. The number of carbonyl (C=O) groups is 1. The molecule has 0 aromatic rings. The molecule has 0 bridgehead atoms. The fourth-order valence-electron chi connectivity index (χ4n) is 1.52. The molecule has 5 heteroatoms. The molecule has 0 aromatic carbocycles. The van der Waals surface area contributed by atoms with Crippen molar-refractivity contribution in [3.63, 3.8) is 0 Å². The second-order valence-corrected chi connectivity index (χ2v) is 5.58. The van der Waals surface area contributed by atoms with E-state index in [1.165, 1.54) is 12.8 Å². The standard InChI is InChI=1S/C9H16N2O2S/c12-9(7-10-8-1-2-8)11-3-5-14(13)6-4-11/h8,10H,1-7H2. The molecule has 0 spiro atoms. The fraction of sp³-hybridized carbons (Fsp3) is 0.889. The van der Waals surface area contributed by atoms with E-state index in [2.05, 4.69) is 5.32 Å². The Morgan fingerprint density at radius 2 is 2.00 bits per heavy atom. The minimum absolute atomic E-state index is 0.161. The summed E-state index contributed by atoms with van der Waals surface area (Å²) in [5.41, 5.74) is 0. The lowest BCUT2D eigenvalue weighted by molar-refractivity contribution is -0.129. The summed E-state index contributed by atoms with van der Waals surface area (Å²) in [6.45, 7) is 1.78. The van der Waals surface area contributed by atoms with Crippen molar-refractivity contribution in [3.05, 3.63) is 0 Å². The van der Waals surface area contributed by atoms with Crippen molar-refractivity contribution >= 4 is 16.7 Å². The number of carbonyl (C=O) groups excluding carboxylic acids is 1. The Morgan fingerprint density at radius 3 is 2.57 bits per heavy atom. The zero-order chi connectivity index (χ0) is 9.97. The molecule has 0 aromatic heterocycles. The van der Waals surface area contributed by atoms with Crippen LogP contribution in [0, 0.1) is 0 Å². The maximum absolute atomic E-state index is 11.6. The molecule has 0 atom stereocenters. The SMILES string of the molecule is O=C(CNC1CC1)N1CCS(=O)CC1. The number of rotatable bonds is 3. The van der Waals surface area contributed by atoms with Gasteiger partial charge < -0.3 is 10.2 Å². The molecule has 1 N–H and O–H groups in total. The molecule has 1 saturated heterocycles. The molecule has 2 rings (SSSR count). The van der Waals surface area contributed by atoms with Gasteiger partial charge >= 0.3 is 0 Å². The molecular formula is C9H16N2O2S. The van der Waals surface area contributed by atoms with E-state index in [4.69, 9.17) is 0 Å². The van der Waals surface area contributed by atoms with Gasteiger partial charge in [-0.2, -0.15) is 0 Å². The van der Waals surface area contributed by atoms with Gasteiger partial charge in [0, 0.05) is 41.4 Å². The van der Waals surface area contributed by atoms with Crippen molar-refractivity contribution in [1.29, 1.82) is 0 Å². The smallest absolute Gasteiger partial charge is 0.236 e. The average molecular weight is 216 g/mol. The Hall–Kier alpha value is -0.420. The van der Waals surface area contributed by atoms with Gasteiger partial charge in [0.05, 0.1) is 6.54 Å². The number of nitrogens with one attached hydrogen (secondary N) is 1. The molecular weight excluding hydrogens is 200 g/mol. The first kappa shape index (κ1) is 10.1. The van der Waals surface area contributed by atoms with Crippen molar-refractivity contribution in [3.8, 4) is 0 Å². The predicted molar refractivity (Wildman–Crippen MR) is 55.5 cm³/mol. The molecule has 2 fully saturated rings. The average Bonchev–Trinajstić information content (AvgIpc) is 2.99. The van der Waals surface area contributed by atoms with Crippen LogP contribution in [0.5, 0.6) is 0 Å². The Morgan fingerprint density at radius 1 is 1.36 bits per heavy atom. The first-order valence-electron chi connectivity index (χ1n) is 5.12. The highest BCUT2D eigenvalue weighted by Crippen LogP contribution is 2.18. The Balaban J connectivity index is 1.70. The molecule has 1 amide bonds. The van der Waals surface area contributed by atoms with Crippen LogP contribution >= 0.6 is 0 Å². The van der Waals surface area contributed by atoms with Crippen LogP contribution < -0.4 is 5.32 Å². The van der Waals surface area contributed by atoms with Crippen LogP contribution in [0.2, 0.25) is 0 Å². The summed E-state index contributed by atoms with van der Waals surface area (Å²) in [4.78, 5) is 13.4. The lowest BCUT2D eigenvalue weighted by Crippen LogP contribution is -2.45. The number of amides is 1. The van der Waals surface area contributed by atoms with Crippen molar-refractivity contribution < 1.29 is 9.00 Å². The maximum atomic E-state index is 11.6. The zero-order valence-corrected chi connectivity index (χ0v) is 9.02. The molecule has 1 aliphatic carbocycles. The van der Waals surface area contributed by atoms with Crippen LogP contribution in [0.3, 0.4) is 0 Å². The minimum Gasteiger partial charge on any atom is -0.340 e. The summed E-state index contributed by atoms with van der Waals surface area (Å²) in [5, 5.41) is 3.20. The lowest BCUT2D eigenvalue weighted by Gasteiger charge is -2.26. The van der Waals surface area contributed by atoms with Gasteiger partial charge in [-0.25, -0.2) is 0 Å². The Kier molecular flexibility index (Phi) is 3.18. The van der Waals surface area contributed by atoms with E-state index >= 15 is 0 Å². The van der Waals surface area contributed by atoms with Crippen LogP contribution in [0.4, 0.5) is 0 Å². The van der Waals surface area contributed by atoms with Crippen LogP contribution in [-0.4, -0.2) is 52.2 Å². The number of nitrogens with zero attached hydrogens (tertiary/aromatic N) is 1. The van der Waals surface area contributed by atoms with Gasteiger partial charge in [0.2, 0.25) is 5.91 Å².